The van der Waals surface area contributed by atoms with Crippen LogP contribution in [0.25, 0.3) is 0 Å². The van der Waals surface area contributed by atoms with E-state index in [0.717, 1.165) is 6.42 Å². The predicted octanol–water partition coefficient (Wildman–Crippen LogP) is 6.23. The minimum absolute atomic E-state index is 1.14. The summed E-state index contributed by atoms with van der Waals surface area (Å²) in [6.45, 7) is 7.38. The van der Waals surface area contributed by atoms with Crippen LogP contribution in [0.15, 0.2) is 103 Å². The smallest absolute Gasteiger partial charge is 0.0350 e. The molecule has 0 saturated heterocycles. The maximum absolute atomic E-state index is 5.20. The van der Waals surface area contributed by atoms with E-state index in [9.17, 15) is 0 Å². The lowest BCUT2D eigenvalue weighted by molar-refractivity contribution is 0.959. The standard InChI is InChI=1S/C21H25/c1-3-5-7-9-11-13-15-17-19-21-20-18-16-14-12-10-8-6-4-2/h1,3,5,7-21H,4,6H2,2H3. The van der Waals surface area contributed by atoms with Crippen molar-refractivity contribution in [2.24, 2.45) is 0 Å². The number of hydrogen-bond donors (Lipinski definition) is 0. The van der Waals surface area contributed by atoms with Gasteiger partial charge in [0.05, 0.1) is 0 Å². The van der Waals surface area contributed by atoms with Crippen LogP contribution in [0.5, 0.6) is 0 Å². The Morgan fingerprint density at radius 3 is 1.19 bits per heavy atom. The van der Waals surface area contributed by atoms with Crippen LogP contribution in [0.3, 0.4) is 0 Å². The predicted molar refractivity (Wildman–Crippen MR) is 96.9 cm³/mol. The first-order chi connectivity index (χ1) is 10.4. The van der Waals surface area contributed by atoms with Crippen molar-refractivity contribution in [3.63, 3.8) is 0 Å². The summed E-state index contributed by atoms with van der Waals surface area (Å²) >= 11 is 0. The molecule has 0 aliphatic heterocycles. The topological polar surface area (TPSA) is 0 Å². The minimum atomic E-state index is 1.14. The van der Waals surface area contributed by atoms with Crippen molar-refractivity contribution in [2.45, 2.75) is 19.8 Å². The van der Waals surface area contributed by atoms with Crippen molar-refractivity contribution in [1.82, 2.24) is 0 Å². The number of hydrogen-bond acceptors (Lipinski definition) is 0. The molecule has 0 heteroatoms. The van der Waals surface area contributed by atoms with Gasteiger partial charge in [0.1, 0.15) is 0 Å². The molecule has 0 amide bonds. The van der Waals surface area contributed by atoms with E-state index in [-0.39, 0.29) is 0 Å². The summed E-state index contributed by atoms with van der Waals surface area (Å²) in [5.41, 5.74) is 0. The maximum atomic E-state index is 5.20. The first kappa shape index (κ1) is 18.7. The second-order valence-corrected chi connectivity index (χ2v) is 4.10. The third-order valence-corrected chi connectivity index (χ3v) is 2.26. The molecule has 0 rings (SSSR count). The van der Waals surface area contributed by atoms with Gasteiger partial charge in [0, 0.05) is 0 Å². The fraction of sp³-hybridized carbons (Fsp3) is 0.143. The molecule has 0 aromatic heterocycles. The Bertz CT molecular complexity index is 460. The van der Waals surface area contributed by atoms with Gasteiger partial charge in [0.15, 0.2) is 0 Å². The summed E-state index contributed by atoms with van der Waals surface area (Å²) in [6.07, 6.45) is 35.6. The summed E-state index contributed by atoms with van der Waals surface area (Å²) in [5.74, 6) is 0. The first-order valence-electron chi connectivity index (χ1n) is 7.28. The first-order valence-corrected chi connectivity index (χ1v) is 7.28. The van der Waals surface area contributed by atoms with Crippen molar-refractivity contribution >= 4 is 0 Å². The molecule has 0 aromatic rings. The second-order valence-electron chi connectivity index (χ2n) is 4.10. The van der Waals surface area contributed by atoms with Gasteiger partial charge < -0.3 is 0 Å². The summed E-state index contributed by atoms with van der Waals surface area (Å²) in [5, 5.41) is 0. The zero-order valence-corrected chi connectivity index (χ0v) is 12.8. The van der Waals surface area contributed by atoms with Crippen LogP contribution in [0.2, 0.25) is 0 Å². The van der Waals surface area contributed by atoms with E-state index >= 15 is 0 Å². The molecule has 109 valence electrons. The summed E-state index contributed by atoms with van der Waals surface area (Å²) in [4.78, 5) is 0. The van der Waals surface area contributed by atoms with Crippen LogP contribution in [0.4, 0.5) is 0 Å². The average Bonchev–Trinajstić information content (AvgIpc) is 2.50. The van der Waals surface area contributed by atoms with E-state index in [0.29, 0.717) is 0 Å². The molecular weight excluding hydrogens is 252 g/mol. The molecule has 0 aromatic carbocycles. The molecule has 0 N–H and O–H groups in total. The van der Waals surface area contributed by atoms with E-state index in [1.54, 1.807) is 6.08 Å². The second kappa shape index (κ2) is 17.7. The van der Waals surface area contributed by atoms with Crippen LogP contribution in [0.1, 0.15) is 19.8 Å². The van der Waals surface area contributed by atoms with E-state index in [1.807, 2.05) is 79.0 Å². The Kier molecular flexibility index (Phi) is 15.7. The van der Waals surface area contributed by atoms with Gasteiger partial charge in [-0.1, -0.05) is 123 Å². The van der Waals surface area contributed by atoms with E-state index in [4.69, 9.17) is 6.58 Å². The van der Waals surface area contributed by atoms with Gasteiger partial charge in [0.2, 0.25) is 0 Å². The fourth-order valence-corrected chi connectivity index (χ4v) is 1.24. The number of rotatable bonds is 10. The molecule has 0 fully saturated rings. The van der Waals surface area contributed by atoms with E-state index < -0.39 is 0 Å². The highest BCUT2D eigenvalue weighted by molar-refractivity contribution is 5.21. The largest absolute Gasteiger partial charge is 0.0845 e. The van der Waals surface area contributed by atoms with Gasteiger partial charge in [0.25, 0.3) is 0 Å². The summed E-state index contributed by atoms with van der Waals surface area (Å²) in [6, 6.07) is 0. The van der Waals surface area contributed by atoms with Gasteiger partial charge >= 0.3 is 0 Å². The van der Waals surface area contributed by atoms with E-state index in [2.05, 4.69) is 19.1 Å². The number of allylic oxidation sites excluding steroid dienone is 17. The van der Waals surface area contributed by atoms with E-state index in [1.165, 1.54) is 12.5 Å². The van der Waals surface area contributed by atoms with Crippen molar-refractivity contribution in [1.29, 1.82) is 0 Å². The van der Waals surface area contributed by atoms with Crippen LogP contribution >= 0.6 is 0 Å². The lowest BCUT2D eigenvalue weighted by Crippen LogP contribution is -1.58. The van der Waals surface area contributed by atoms with Gasteiger partial charge in [-0.3, -0.25) is 0 Å². The average molecular weight is 277 g/mol. The molecular formula is C21H25. The van der Waals surface area contributed by atoms with Gasteiger partial charge in [-0.2, -0.15) is 0 Å². The SMILES string of the molecule is [CH]=CC=CC=CC=CC=CC=CC=CC=CC=CCCC. The molecule has 0 saturated carbocycles. The Labute approximate surface area is 130 Å². The molecule has 0 nitrogen and oxygen atoms in total. The van der Waals surface area contributed by atoms with Gasteiger partial charge in [-0.15, -0.1) is 0 Å². The van der Waals surface area contributed by atoms with Crippen molar-refractivity contribution in [2.75, 3.05) is 0 Å². The molecule has 0 heterocycles. The van der Waals surface area contributed by atoms with Crippen LogP contribution in [-0.4, -0.2) is 0 Å². The molecule has 21 heavy (non-hydrogen) atoms. The molecule has 0 aliphatic rings. The molecule has 1 radical (unpaired) electrons. The van der Waals surface area contributed by atoms with Gasteiger partial charge in [-0.25, -0.2) is 0 Å². The van der Waals surface area contributed by atoms with Crippen molar-refractivity contribution in [3.8, 4) is 0 Å². The zero-order chi connectivity index (χ0) is 15.4. The van der Waals surface area contributed by atoms with Crippen LogP contribution < -0.4 is 0 Å². The molecule has 0 aliphatic carbocycles. The van der Waals surface area contributed by atoms with Crippen LogP contribution in [0, 0.1) is 6.58 Å². The Morgan fingerprint density at radius 2 is 0.857 bits per heavy atom. The summed E-state index contributed by atoms with van der Waals surface area (Å²) < 4.78 is 0. The highest BCUT2D eigenvalue weighted by Gasteiger charge is 1.68. The third-order valence-electron chi connectivity index (χ3n) is 2.26. The zero-order valence-electron chi connectivity index (χ0n) is 12.8. The maximum Gasteiger partial charge on any atom is -0.0350 e. The monoisotopic (exact) mass is 277 g/mol. The minimum Gasteiger partial charge on any atom is -0.0845 e. The molecule has 0 spiro atoms. The fourth-order valence-electron chi connectivity index (χ4n) is 1.24. The molecule has 0 bridgehead atoms. The highest BCUT2D eigenvalue weighted by Crippen LogP contribution is 1.89. The van der Waals surface area contributed by atoms with Gasteiger partial charge in [-0.05, 0) is 6.42 Å². The highest BCUT2D eigenvalue weighted by atomic mass is 13.8. The Balaban J connectivity index is 3.82. The Morgan fingerprint density at radius 1 is 0.524 bits per heavy atom. The number of unbranched alkanes of at least 4 members (excludes halogenated alkanes) is 1. The van der Waals surface area contributed by atoms with Crippen molar-refractivity contribution in [3.05, 3.63) is 110 Å². The lowest BCUT2D eigenvalue weighted by Gasteiger charge is -1.79. The molecule has 0 atom stereocenters. The summed E-state index contributed by atoms with van der Waals surface area (Å²) in [7, 11) is 0. The lowest BCUT2D eigenvalue weighted by atomic mass is 10.3. The normalized spacial score (nSPS) is 14.0. The molecule has 0 unspecified atom stereocenters. The van der Waals surface area contributed by atoms with Crippen molar-refractivity contribution < 1.29 is 0 Å². The quantitative estimate of drug-likeness (QED) is 0.415. The Hall–Kier alpha value is -2.34. The van der Waals surface area contributed by atoms with Crippen LogP contribution in [-0.2, 0) is 0 Å². The third kappa shape index (κ3) is 17.7.